The third kappa shape index (κ3) is 4.68. The Morgan fingerprint density at radius 2 is 1.68 bits per heavy atom. The maximum Gasteiger partial charge on any atom is 0.317 e. The van der Waals surface area contributed by atoms with Gasteiger partial charge in [0.25, 0.3) is 0 Å². The fourth-order valence-corrected chi connectivity index (χ4v) is 3.12. The summed E-state index contributed by atoms with van der Waals surface area (Å²) < 4.78 is 0. The molecule has 19 heavy (non-hydrogen) atoms. The lowest BCUT2D eigenvalue weighted by Crippen LogP contribution is -2.44. The Kier molecular flexibility index (Phi) is 5.95. The van der Waals surface area contributed by atoms with Gasteiger partial charge >= 0.3 is 6.03 Å². The lowest BCUT2D eigenvalue weighted by atomic mass is 9.97. The number of hydrogen-bond donors (Lipinski definition) is 1. The van der Waals surface area contributed by atoms with E-state index >= 15 is 0 Å². The number of amides is 2. The molecule has 1 N–H and O–H groups in total. The smallest absolute Gasteiger partial charge is 0.317 e. The summed E-state index contributed by atoms with van der Waals surface area (Å²) in [6.07, 6.45) is 7.35. The zero-order valence-corrected chi connectivity index (χ0v) is 12.4. The summed E-state index contributed by atoms with van der Waals surface area (Å²) >= 11 is 0. The quantitative estimate of drug-likeness (QED) is 0.851. The van der Waals surface area contributed by atoms with Crippen molar-refractivity contribution in [3.63, 3.8) is 0 Å². The number of nitrogens with one attached hydrogen (secondary N) is 1. The molecule has 0 radical (unpaired) electrons. The van der Waals surface area contributed by atoms with Crippen LogP contribution in [0.15, 0.2) is 0 Å². The van der Waals surface area contributed by atoms with Gasteiger partial charge in [0.1, 0.15) is 0 Å². The van der Waals surface area contributed by atoms with Crippen LogP contribution in [-0.2, 0) is 0 Å². The highest BCUT2D eigenvalue weighted by Crippen LogP contribution is 2.16. The van der Waals surface area contributed by atoms with Crippen LogP contribution in [0, 0.1) is 5.92 Å². The summed E-state index contributed by atoms with van der Waals surface area (Å²) in [7, 11) is 0. The molecule has 0 bridgehead atoms. The fraction of sp³-hybridized carbons (Fsp3) is 0.933. The van der Waals surface area contributed by atoms with Crippen LogP contribution in [0.3, 0.4) is 0 Å². The first-order valence-electron chi connectivity index (χ1n) is 8.04. The largest absolute Gasteiger partial charge is 0.338 e. The van der Waals surface area contributed by atoms with Gasteiger partial charge in [-0.25, -0.2) is 4.79 Å². The van der Waals surface area contributed by atoms with Crippen LogP contribution in [0.5, 0.6) is 0 Å². The summed E-state index contributed by atoms with van der Waals surface area (Å²) in [4.78, 5) is 16.6. The van der Waals surface area contributed by atoms with E-state index in [0.29, 0.717) is 5.92 Å². The van der Waals surface area contributed by atoms with Crippen LogP contribution in [-0.4, -0.2) is 55.1 Å². The molecular weight excluding hydrogens is 238 g/mol. The van der Waals surface area contributed by atoms with Gasteiger partial charge in [-0.15, -0.1) is 0 Å². The molecule has 2 heterocycles. The minimum Gasteiger partial charge on any atom is -0.338 e. The number of hydrogen-bond acceptors (Lipinski definition) is 2. The lowest BCUT2D eigenvalue weighted by molar-refractivity contribution is 0.178. The van der Waals surface area contributed by atoms with Gasteiger partial charge in [0, 0.05) is 19.6 Å². The SMILES string of the molecule is CCN1CCC(CNC(=O)N2CCCCCC2)CC1. The second-order valence-corrected chi connectivity index (χ2v) is 5.96. The first kappa shape index (κ1) is 14.6. The van der Waals surface area contributed by atoms with Crippen molar-refractivity contribution in [2.24, 2.45) is 5.92 Å². The molecule has 110 valence electrons. The van der Waals surface area contributed by atoms with E-state index in [1.165, 1.54) is 51.6 Å². The Labute approximate surface area is 117 Å². The van der Waals surface area contributed by atoms with Gasteiger partial charge in [-0.3, -0.25) is 0 Å². The van der Waals surface area contributed by atoms with Crippen molar-refractivity contribution >= 4 is 6.03 Å². The van der Waals surface area contributed by atoms with Gasteiger partial charge in [0.2, 0.25) is 0 Å². The first-order chi connectivity index (χ1) is 9.29. The standard InChI is InChI=1S/C15H29N3O/c1-2-17-11-7-14(8-12-17)13-16-15(19)18-9-5-3-4-6-10-18/h14H,2-13H2,1H3,(H,16,19). The van der Waals surface area contributed by atoms with Crippen LogP contribution in [0.25, 0.3) is 0 Å². The third-order valence-electron chi connectivity index (χ3n) is 4.59. The van der Waals surface area contributed by atoms with Crippen LogP contribution >= 0.6 is 0 Å². The first-order valence-corrected chi connectivity index (χ1v) is 8.04. The predicted octanol–water partition coefficient (Wildman–Crippen LogP) is 2.30. The van der Waals surface area contributed by atoms with Gasteiger partial charge in [0.15, 0.2) is 0 Å². The summed E-state index contributed by atoms with van der Waals surface area (Å²) in [5.74, 6) is 0.679. The number of carbonyl (C=O) groups excluding carboxylic acids is 1. The molecule has 0 saturated carbocycles. The molecule has 2 fully saturated rings. The fourth-order valence-electron chi connectivity index (χ4n) is 3.12. The second-order valence-electron chi connectivity index (χ2n) is 5.96. The van der Waals surface area contributed by atoms with Crippen LogP contribution in [0.1, 0.15) is 45.4 Å². The molecule has 2 saturated heterocycles. The monoisotopic (exact) mass is 267 g/mol. The Balaban J connectivity index is 1.65. The summed E-state index contributed by atoms with van der Waals surface area (Å²) in [5.41, 5.74) is 0. The van der Waals surface area contributed by atoms with Crippen LogP contribution in [0.2, 0.25) is 0 Å². The molecule has 0 spiro atoms. The average molecular weight is 267 g/mol. The molecular formula is C15H29N3O. The van der Waals surface area contributed by atoms with Crippen molar-refractivity contribution in [2.75, 3.05) is 39.3 Å². The van der Waals surface area contributed by atoms with E-state index < -0.39 is 0 Å². The molecule has 2 rings (SSSR count). The highest BCUT2D eigenvalue weighted by atomic mass is 16.2. The molecule has 0 aromatic carbocycles. The lowest BCUT2D eigenvalue weighted by Gasteiger charge is -2.31. The van der Waals surface area contributed by atoms with E-state index in [0.717, 1.165) is 26.2 Å². The zero-order chi connectivity index (χ0) is 13.5. The highest BCUT2D eigenvalue weighted by Gasteiger charge is 2.20. The number of carbonyl (C=O) groups is 1. The number of rotatable bonds is 3. The molecule has 0 unspecified atom stereocenters. The summed E-state index contributed by atoms with van der Waals surface area (Å²) in [6, 6.07) is 0.167. The zero-order valence-electron chi connectivity index (χ0n) is 12.4. The molecule has 0 atom stereocenters. The van der Waals surface area contributed by atoms with Crippen molar-refractivity contribution in [1.29, 1.82) is 0 Å². The molecule has 0 aliphatic carbocycles. The molecule has 4 heteroatoms. The molecule has 2 aliphatic heterocycles. The second kappa shape index (κ2) is 7.73. The van der Waals surface area contributed by atoms with E-state index in [4.69, 9.17) is 0 Å². The van der Waals surface area contributed by atoms with E-state index in [1.54, 1.807) is 0 Å². The van der Waals surface area contributed by atoms with Crippen molar-refractivity contribution in [1.82, 2.24) is 15.1 Å². The minimum atomic E-state index is 0.167. The third-order valence-corrected chi connectivity index (χ3v) is 4.59. The van der Waals surface area contributed by atoms with Crippen LogP contribution < -0.4 is 5.32 Å². The van der Waals surface area contributed by atoms with Crippen molar-refractivity contribution in [3.05, 3.63) is 0 Å². The van der Waals surface area contributed by atoms with E-state index in [9.17, 15) is 4.79 Å². The van der Waals surface area contributed by atoms with Gasteiger partial charge in [-0.05, 0) is 51.2 Å². The Morgan fingerprint density at radius 3 is 2.26 bits per heavy atom. The normalized spacial score (nSPS) is 23.1. The highest BCUT2D eigenvalue weighted by molar-refractivity contribution is 5.74. The maximum atomic E-state index is 12.1. The Hall–Kier alpha value is -0.770. The summed E-state index contributed by atoms with van der Waals surface area (Å²) in [6.45, 7) is 8.53. The molecule has 2 aliphatic rings. The van der Waals surface area contributed by atoms with E-state index in [-0.39, 0.29) is 6.03 Å². The number of likely N-dealkylation sites (tertiary alicyclic amines) is 2. The van der Waals surface area contributed by atoms with Gasteiger partial charge in [0.05, 0.1) is 0 Å². The van der Waals surface area contributed by atoms with Crippen LogP contribution in [0.4, 0.5) is 4.79 Å². The van der Waals surface area contributed by atoms with E-state index in [1.807, 2.05) is 4.90 Å². The van der Waals surface area contributed by atoms with Gasteiger partial charge in [-0.2, -0.15) is 0 Å². The molecule has 0 aromatic rings. The number of nitrogens with zero attached hydrogens (tertiary/aromatic N) is 2. The Bertz CT molecular complexity index is 267. The Morgan fingerprint density at radius 1 is 1.05 bits per heavy atom. The maximum absolute atomic E-state index is 12.1. The minimum absolute atomic E-state index is 0.167. The van der Waals surface area contributed by atoms with Crippen molar-refractivity contribution in [3.8, 4) is 0 Å². The summed E-state index contributed by atoms with van der Waals surface area (Å²) in [5, 5.41) is 3.15. The average Bonchev–Trinajstić information content (AvgIpc) is 2.74. The topological polar surface area (TPSA) is 35.6 Å². The van der Waals surface area contributed by atoms with Crippen molar-refractivity contribution in [2.45, 2.75) is 45.4 Å². The molecule has 2 amide bonds. The molecule has 4 nitrogen and oxygen atoms in total. The van der Waals surface area contributed by atoms with E-state index in [2.05, 4.69) is 17.1 Å². The number of urea groups is 1. The number of piperidine rings is 1. The predicted molar refractivity (Wildman–Crippen MR) is 78.3 cm³/mol. The van der Waals surface area contributed by atoms with Gasteiger partial charge in [-0.1, -0.05) is 19.8 Å². The molecule has 0 aromatic heterocycles. The van der Waals surface area contributed by atoms with Crippen molar-refractivity contribution < 1.29 is 4.79 Å². The van der Waals surface area contributed by atoms with Gasteiger partial charge < -0.3 is 15.1 Å².